The summed E-state index contributed by atoms with van der Waals surface area (Å²) in [6, 6.07) is 4.72. The number of amides is 2. The van der Waals surface area contributed by atoms with Crippen LogP contribution in [0.15, 0.2) is 108 Å². The number of allylic oxidation sites excluding steroid dienone is 11. The van der Waals surface area contributed by atoms with Crippen molar-refractivity contribution < 1.29 is 81.7 Å². The molecule has 11 atom stereocenters. The Bertz CT molecular complexity index is 2760. The maximum absolute atomic E-state index is 16.0. The number of carbonyl (C=O) groups excluding carboxylic acids is 7. The number of aliphatic hydroxyl groups is 2. The van der Waals surface area contributed by atoms with Crippen LogP contribution in [0.1, 0.15) is 151 Å². The molecular formula is C65H90N2O17. The van der Waals surface area contributed by atoms with Gasteiger partial charge < -0.3 is 58.3 Å². The predicted octanol–water partition coefficient (Wildman–Crippen LogP) is 10.0. The number of rotatable bonds is 24. The fourth-order valence-electron chi connectivity index (χ4n) is 11.7. The summed E-state index contributed by atoms with van der Waals surface area (Å²) in [5.41, 5.74) is -8.76. The summed E-state index contributed by atoms with van der Waals surface area (Å²) in [6.45, 7) is 17.2. The summed E-state index contributed by atoms with van der Waals surface area (Å²) in [5, 5.41) is 29.2. The summed E-state index contributed by atoms with van der Waals surface area (Å²) >= 11 is 0. The van der Waals surface area contributed by atoms with Gasteiger partial charge in [-0.3, -0.25) is 14.4 Å². The number of ketones is 1. The number of methoxy groups -OCH3 is 1. The van der Waals surface area contributed by atoms with Gasteiger partial charge in [-0.15, -0.1) is 0 Å². The van der Waals surface area contributed by atoms with Crippen LogP contribution in [0.4, 0.5) is 9.59 Å². The van der Waals surface area contributed by atoms with E-state index < -0.39 is 124 Å². The van der Waals surface area contributed by atoms with Crippen LogP contribution in [0.25, 0.3) is 0 Å². The fourth-order valence-corrected chi connectivity index (χ4v) is 11.7. The quantitative estimate of drug-likeness (QED) is 0.0377. The standard InChI is InChI=1S/C65H90N2O17/c1-15-16-17-18-19-20-21-22-23-24-25-26-27-28-29-30-31-36-50(70)80-52(45(37-41(2)3)66-59(74)84-61(6,7)8)58(73)79-47-39-65(76)56(82-57(72)44-34-32-33-35-46(44)77-14)54-63(11,48(69)38-49-64(54,40-78-49)83-43(5)68)55(71)53(81-60(75)67(12)13)51(42(47)4)62(65,9)10/h16-17,19-20,22-23,25-26,28-29,32-35,37,45,47-49,52-54,56,69,76H,15,18,21,24,27,30-31,36,38-40H2,1-14H3,(H,66,74)/b17-16-,20-19-,23-22-,26-25-,29-28-/t45-,47-,48-,49+,52+,53+,54?,56-,63+,64-,65+/m0/s1. The molecule has 0 spiro atoms. The molecule has 19 heteroatoms. The molecule has 5 rings (SSSR count). The number of hydrogen-bond donors (Lipinski definition) is 3. The number of esters is 4. The molecule has 1 aromatic rings. The number of alkyl carbamates (subject to hydrolysis) is 1. The number of ether oxygens (including phenoxy) is 8. The molecule has 3 fully saturated rings. The second-order valence-corrected chi connectivity index (χ2v) is 24.1. The van der Waals surface area contributed by atoms with Crippen LogP contribution in [0, 0.1) is 16.7 Å². The lowest BCUT2D eigenvalue weighted by molar-refractivity contribution is -0.345. The number of aliphatic hydroxyl groups excluding tert-OH is 1. The van der Waals surface area contributed by atoms with Crippen LogP contribution in [-0.2, 0) is 52.3 Å². The zero-order valence-electron chi connectivity index (χ0n) is 51.5. The Labute approximate surface area is 495 Å². The van der Waals surface area contributed by atoms with Gasteiger partial charge in [-0.1, -0.05) is 105 Å². The molecule has 2 amide bonds. The van der Waals surface area contributed by atoms with Gasteiger partial charge in [0.2, 0.25) is 6.10 Å². The molecule has 1 heterocycles. The highest BCUT2D eigenvalue weighted by Gasteiger charge is 2.78. The molecule has 1 aliphatic heterocycles. The number of hydrogen-bond acceptors (Lipinski definition) is 17. The lowest BCUT2D eigenvalue weighted by Gasteiger charge is -2.67. The van der Waals surface area contributed by atoms with Crippen LogP contribution in [0.5, 0.6) is 5.75 Å². The summed E-state index contributed by atoms with van der Waals surface area (Å²) < 4.78 is 48.4. The molecule has 0 aromatic heterocycles. The molecule has 2 saturated carbocycles. The Hall–Kier alpha value is -6.83. The van der Waals surface area contributed by atoms with Gasteiger partial charge in [0.1, 0.15) is 40.8 Å². The molecule has 1 unspecified atom stereocenters. The largest absolute Gasteiger partial charge is 0.496 e. The average Bonchev–Trinajstić information content (AvgIpc) is 0.680. The lowest BCUT2D eigenvalue weighted by atomic mass is 9.44. The molecule has 3 aliphatic carbocycles. The minimum Gasteiger partial charge on any atom is -0.496 e. The van der Waals surface area contributed by atoms with Crippen molar-refractivity contribution in [2.24, 2.45) is 16.7 Å². The maximum atomic E-state index is 16.0. The smallest absolute Gasteiger partial charge is 0.410 e. The highest BCUT2D eigenvalue weighted by Crippen LogP contribution is 2.64. The molecule has 0 radical (unpaired) electrons. The van der Waals surface area contributed by atoms with Crippen molar-refractivity contribution in [1.82, 2.24) is 10.2 Å². The minimum atomic E-state index is -2.52. The molecule has 84 heavy (non-hydrogen) atoms. The van der Waals surface area contributed by atoms with E-state index in [4.69, 9.17) is 37.9 Å². The van der Waals surface area contributed by atoms with Crippen molar-refractivity contribution >= 4 is 41.8 Å². The second-order valence-electron chi connectivity index (χ2n) is 24.1. The summed E-state index contributed by atoms with van der Waals surface area (Å²) in [7, 11) is 4.13. The molecule has 1 saturated heterocycles. The third-order valence-electron chi connectivity index (χ3n) is 16.0. The third-order valence-corrected chi connectivity index (χ3v) is 16.0. The first-order chi connectivity index (χ1) is 39.5. The van der Waals surface area contributed by atoms with Crippen LogP contribution >= 0.6 is 0 Å². The van der Waals surface area contributed by atoms with E-state index in [1.807, 2.05) is 12.2 Å². The zero-order chi connectivity index (χ0) is 62.4. The van der Waals surface area contributed by atoms with Crippen molar-refractivity contribution in [2.75, 3.05) is 27.8 Å². The van der Waals surface area contributed by atoms with Crippen LogP contribution in [0.2, 0.25) is 0 Å². The highest BCUT2D eigenvalue weighted by atomic mass is 16.6. The van der Waals surface area contributed by atoms with E-state index in [-0.39, 0.29) is 41.9 Å². The van der Waals surface area contributed by atoms with Gasteiger partial charge in [0.15, 0.2) is 17.5 Å². The van der Waals surface area contributed by atoms with E-state index in [0.717, 1.165) is 37.5 Å². The molecule has 1 aromatic carbocycles. The Morgan fingerprint density at radius 1 is 0.869 bits per heavy atom. The predicted molar refractivity (Wildman–Crippen MR) is 314 cm³/mol. The highest BCUT2D eigenvalue weighted by molar-refractivity contribution is 5.96. The molecule has 2 bridgehead atoms. The first-order valence-electron chi connectivity index (χ1n) is 29.0. The van der Waals surface area contributed by atoms with E-state index >= 15 is 9.59 Å². The summed E-state index contributed by atoms with van der Waals surface area (Å²) in [5.74, 6) is -6.37. The lowest BCUT2D eigenvalue weighted by Crippen LogP contribution is -2.82. The van der Waals surface area contributed by atoms with Crippen molar-refractivity contribution in [2.45, 2.75) is 200 Å². The number of nitrogens with one attached hydrogen (secondary N) is 1. The Balaban J connectivity index is 1.58. The van der Waals surface area contributed by atoms with Gasteiger partial charge in [-0.2, -0.15) is 0 Å². The molecule has 4 aliphatic rings. The van der Waals surface area contributed by atoms with Crippen molar-refractivity contribution in [1.29, 1.82) is 0 Å². The Morgan fingerprint density at radius 3 is 2.00 bits per heavy atom. The minimum absolute atomic E-state index is 0.0655. The fraction of sp³-hybridized carbons (Fsp3) is 0.585. The number of nitrogens with zero attached hydrogens (tertiary/aromatic N) is 1. The molecule has 19 nitrogen and oxygen atoms in total. The van der Waals surface area contributed by atoms with Gasteiger partial charge in [-0.25, -0.2) is 19.2 Å². The number of carbonyl (C=O) groups is 7. The van der Waals surface area contributed by atoms with E-state index in [0.29, 0.717) is 24.8 Å². The number of unbranched alkanes of at least 4 members (excludes halogenated alkanes) is 1. The first kappa shape index (κ1) is 68.0. The topological polar surface area (TPSA) is 249 Å². The number of fused-ring (bicyclic) bond motifs is 5. The van der Waals surface area contributed by atoms with Crippen molar-refractivity contribution in [3.05, 3.63) is 113 Å². The van der Waals surface area contributed by atoms with E-state index in [1.165, 1.54) is 53.3 Å². The van der Waals surface area contributed by atoms with Gasteiger partial charge in [0.05, 0.1) is 37.2 Å². The van der Waals surface area contributed by atoms with E-state index in [2.05, 4.69) is 60.8 Å². The maximum Gasteiger partial charge on any atom is 0.410 e. The Morgan fingerprint density at radius 2 is 1.46 bits per heavy atom. The third kappa shape index (κ3) is 15.9. The molecular weight excluding hydrogens is 1080 g/mol. The van der Waals surface area contributed by atoms with E-state index in [1.54, 1.807) is 60.6 Å². The van der Waals surface area contributed by atoms with Gasteiger partial charge in [0, 0.05) is 45.7 Å². The summed E-state index contributed by atoms with van der Waals surface area (Å²) in [6.07, 6.45) is 14.4. The van der Waals surface area contributed by atoms with Gasteiger partial charge in [-0.05, 0) is 117 Å². The van der Waals surface area contributed by atoms with Gasteiger partial charge in [0.25, 0.3) is 0 Å². The second kappa shape index (κ2) is 29.3. The van der Waals surface area contributed by atoms with Crippen LogP contribution in [-0.4, -0.2) is 144 Å². The SMILES string of the molecule is CC/C=C\C/C=C\C/C=C\C/C=C\C/C=C\CCCC(=O)O[C@@H](C(=O)O[C@H]1C[C@@]2(O)[C@@H](OC(=O)c3ccccc3OC)C3[C@](C)(C(=O)[C@H](OC(=O)N(C)C)C(=C1C)C2(C)C)[C@@H](O)C[C@H]1OC[C@@]31OC(C)=O)[C@H](C=C(C)C)NC(=O)OC(C)(C)C. The zero-order valence-corrected chi connectivity index (χ0v) is 51.5. The normalized spacial score (nSPS) is 27.2. The summed E-state index contributed by atoms with van der Waals surface area (Å²) in [4.78, 5) is 102. The van der Waals surface area contributed by atoms with Crippen LogP contribution < -0.4 is 10.1 Å². The number of Topliss-reactive ketones (excluding diaryl/α,β-unsaturated/α-hetero) is 1. The molecule has 3 N–H and O–H groups in total. The monoisotopic (exact) mass is 1170 g/mol. The number of benzene rings is 1. The first-order valence-corrected chi connectivity index (χ1v) is 29.0. The number of para-hydroxylation sites is 1. The Kier molecular flexibility index (Phi) is 23.7. The van der Waals surface area contributed by atoms with Gasteiger partial charge >= 0.3 is 36.1 Å². The van der Waals surface area contributed by atoms with Crippen molar-refractivity contribution in [3.8, 4) is 5.75 Å². The average molecular weight is 1170 g/mol. The van der Waals surface area contributed by atoms with Crippen molar-refractivity contribution in [3.63, 3.8) is 0 Å². The molecule has 462 valence electrons. The van der Waals surface area contributed by atoms with Crippen LogP contribution in [0.3, 0.4) is 0 Å². The van der Waals surface area contributed by atoms with E-state index in [9.17, 15) is 34.2 Å².